The second-order valence-electron chi connectivity index (χ2n) is 5.68. The first-order chi connectivity index (χ1) is 11.7. The number of thiazole rings is 1. The molecule has 1 aromatic heterocycles. The summed E-state index contributed by atoms with van der Waals surface area (Å²) in [4.78, 5) is 16.9. The molecule has 0 aliphatic rings. The third kappa shape index (κ3) is 3.97. The molecule has 0 bridgehead atoms. The molecule has 0 aliphatic heterocycles. The largest absolute Gasteiger partial charge is 0.325 e. The first-order valence-electron chi connectivity index (χ1n) is 8.04. The number of nitrogens with one attached hydrogen (secondary N) is 1. The summed E-state index contributed by atoms with van der Waals surface area (Å²) in [6, 6.07) is 16.1. The summed E-state index contributed by atoms with van der Waals surface area (Å²) in [6.07, 6.45) is 1.05. The second-order valence-corrected chi connectivity index (χ2v) is 7.93. The SMILES string of the molecule is CC[C@@H](C)c1ccccc1NC(=O)CSc1nc2ccccc2s1. The fraction of sp³-hybridized carbons (Fsp3) is 0.263. The summed E-state index contributed by atoms with van der Waals surface area (Å²) in [5, 5.41) is 3.05. The molecule has 1 atom stereocenters. The maximum absolute atomic E-state index is 12.3. The molecule has 24 heavy (non-hydrogen) atoms. The number of para-hydroxylation sites is 2. The molecule has 0 spiro atoms. The lowest BCUT2D eigenvalue weighted by atomic mass is 9.97. The van der Waals surface area contributed by atoms with Crippen molar-refractivity contribution in [1.29, 1.82) is 0 Å². The first-order valence-corrected chi connectivity index (χ1v) is 9.84. The van der Waals surface area contributed by atoms with Crippen molar-refractivity contribution in [3.8, 4) is 0 Å². The van der Waals surface area contributed by atoms with Gasteiger partial charge in [0.1, 0.15) is 0 Å². The van der Waals surface area contributed by atoms with Crippen LogP contribution in [-0.2, 0) is 4.79 Å². The van der Waals surface area contributed by atoms with Gasteiger partial charge in [-0.3, -0.25) is 4.79 Å². The van der Waals surface area contributed by atoms with Crippen molar-refractivity contribution in [3.63, 3.8) is 0 Å². The van der Waals surface area contributed by atoms with E-state index in [4.69, 9.17) is 0 Å². The minimum atomic E-state index is 0.00927. The number of anilines is 1. The number of hydrogen-bond donors (Lipinski definition) is 1. The van der Waals surface area contributed by atoms with Crippen LogP contribution in [0.1, 0.15) is 31.7 Å². The molecule has 1 N–H and O–H groups in total. The van der Waals surface area contributed by atoms with E-state index in [0.29, 0.717) is 11.7 Å². The molecule has 3 nitrogen and oxygen atoms in total. The third-order valence-corrected chi connectivity index (χ3v) is 6.16. The van der Waals surface area contributed by atoms with E-state index in [9.17, 15) is 4.79 Å². The number of carbonyl (C=O) groups excluding carboxylic acids is 1. The molecule has 1 heterocycles. The number of rotatable bonds is 6. The maximum atomic E-state index is 12.3. The molecule has 2 aromatic carbocycles. The van der Waals surface area contributed by atoms with Crippen LogP contribution in [-0.4, -0.2) is 16.6 Å². The van der Waals surface area contributed by atoms with Crippen molar-refractivity contribution in [3.05, 3.63) is 54.1 Å². The number of aromatic nitrogens is 1. The lowest BCUT2D eigenvalue weighted by molar-refractivity contribution is -0.113. The highest BCUT2D eigenvalue weighted by molar-refractivity contribution is 8.01. The summed E-state index contributed by atoms with van der Waals surface area (Å²) in [5.41, 5.74) is 3.10. The van der Waals surface area contributed by atoms with Crippen molar-refractivity contribution in [2.45, 2.75) is 30.5 Å². The molecule has 0 unspecified atom stereocenters. The van der Waals surface area contributed by atoms with Gasteiger partial charge in [-0.2, -0.15) is 0 Å². The molecule has 124 valence electrons. The van der Waals surface area contributed by atoms with E-state index in [1.165, 1.54) is 17.3 Å². The predicted molar refractivity (Wildman–Crippen MR) is 104 cm³/mol. The van der Waals surface area contributed by atoms with E-state index in [2.05, 4.69) is 36.3 Å². The van der Waals surface area contributed by atoms with E-state index in [-0.39, 0.29) is 5.91 Å². The van der Waals surface area contributed by atoms with Crippen LogP contribution in [0.15, 0.2) is 52.9 Å². The molecule has 3 aromatic rings. The number of carbonyl (C=O) groups is 1. The molecule has 0 saturated heterocycles. The lowest BCUT2D eigenvalue weighted by Crippen LogP contribution is -2.15. The third-order valence-electron chi connectivity index (χ3n) is 3.98. The van der Waals surface area contributed by atoms with Crippen LogP contribution in [0.25, 0.3) is 10.2 Å². The van der Waals surface area contributed by atoms with E-state index in [1.54, 1.807) is 11.3 Å². The van der Waals surface area contributed by atoms with E-state index in [0.717, 1.165) is 26.7 Å². The van der Waals surface area contributed by atoms with Gasteiger partial charge in [0.25, 0.3) is 0 Å². The van der Waals surface area contributed by atoms with Crippen LogP contribution in [0, 0.1) is 0 Å². The molecule has 5 heteroatoms. The second kappa shape index (κ2) is 7.81. The Bertz CT molecular complexity index is 811. The molecule has 1 amide bonds. The first kappa shape index (κ1) is 17.0. The number of fused-ring (bicyclic) bond motifs is 1. The summed E-state index contributed by atoms with van der Waals surface area (Å²) in [7, 11) is 0. The Kier molecular flexibility index (Phi) is 5.53. The van der Waals surface area contributed by atoms with Gasteiger partial charge in [-0.15, -0.1) is 11.3 Å². The number of hydrogen-bond acceptors (Lipinski definition) is 4. The fourth-order valence-corrected chi connectivity index (χ4v) is 4.36. The van der Waals surface area contributed by atoms with Crippen LogP contribution in [0.5, 0.6) is 0 Å². The summed E-state index contributed by atoms with van der Waals surface area (Å²) in [5.74, 6) is 0.808. The monoisotopic (exact) mass is 356 g/mol. The van der Waals surface area contributed by atoms with Crippen molar-refractivity contribution < 1.29 is 4.79 Å². The summed E-state index contributed by atoms with van der Waals surface area (Å²) in [6.45, 7) is 4.34. The zero-order chi connectivity index (χ0) is 16.9. The molecule has 0 aliphatic carbocycles. The zero-order valence-corrected chi connectivity index (χ0v) is 15.4. The van der Waals surface area contributed by atoms with Gasteiger partial charge in [0.05, 0.1) is 16.0 Å². The Hall–Kier alpha value is -1.85. The average molecular weight is 357 g/mol. The van der Waals surface area contributed by atoms with Gasteiger partial charge in [0.2, 0.25) is 5.91 Å². The van der Waals surface area contributed by atoms with E-state index in [1.807, 2.05) is 36.4 Å². The minimum Gasteiger partial charge on any atom is -0.325 e. The van der Waals surface area contributed by atoms with Crippen molar-refractivity contribution in [2.75, 3.05) is 11.1 Å². The van der Waals surface area contributed by atoms with Gasteiger partial charge >= 0.3 is 0 Å². The van der Waals surface area contributed by atoms with Crippen LogP contribution in [0.4, 0.5) is 5.69 Å². The smallest absolute Gasteiger partial charge is 0.234 e. The van der Waals surface area contributed by atoms with Crippen LogP contribution in [0.3, 0.4) is 0 Å². The normalized spacial score (nSPS) is 12.2. The number of benzene rings is 2. The highest BCUT2D eigenvalue weighted by Crippen LogP contribution is 2.30. The quantitative estimate of drug-likeness (QED) is 0.590. The molecular formula is C19H20N2OS2. The maximum Gasteiger partial charge on any atom is 0.234 e. The van der Waals surface area contributed by atoms with Crippen molar-refractivity contribution >= 4 is 44.9 Å². The molecular weight excluding hydrogens is 336 g/mol. The Morgan fingerprint density at radius 3 is 2.75 bits per heavy atom. The predicted octanol–water partition coefficient (Wildman–Crippen LogP) is 5.54. The molecule has 0 saturated carbocycles. The Labute approximate surface area is 150 Å². The zero-order valence-electron chi connectivity index (χ0n) is 13.8. The van der Waals surface area contributed by atoms with Gasteiger partial charge in [-0.05, 0) is 36.1 Å². The highest BCUT2D eigenvalue weighted by atomic mass is 32.2. The number of amides is 1. The number of nitrogens with zero attached hydrogens (tertiary/aromatic N) is 1. The van der Waals surface area contributed by atoms with Gasteiger partial charge in [-0.25, -0.2) is 4.98 Å². The highest BCUT2D eigenvalue weighted by Gasteiger charge is 2.12. The van der Waals surface area contributed by atoms with Gasteiger partial charge in [0.15, 0.2) is 4.34 Å². The van der Waals surface area contributed by atoms with Gasteiger partial charge in [0, 0.05) is 5.69 Å². The lowest BCUT2D eigenvalue weighted by Gasteiger charge is -2.15. The Morgan fingerprint density at radius 2 is 1.96 bits per heavy atom. The standard InChI is InChI=1S/C19H20N2OS2/c1-3-13(2)14-8-4-5-9-15(14)20-18(22)12-23-19-21-16-10-6-7-11-17(16)24-19/h4-11,13H,3,12H2,1-2H3,(H,20,22)/t13-/m1/s1. The number of thioether (sulfide) groups is 1. The van der Waals surface area contributed by atoms with Gasteiger partial charge < -0.3 is 5.32 Å². The summed E-state index contributed by atoms with van der Waals surface area (Å²) >= 11 is 3.12. The van der Waals surface area contributed by atoms with Gasteiger partial charge in [-0.1, -0.05) is 55.9 Å². The average Bonchev–Trinajstić information content (AvgIpc) is 3.03. The molecule has 0 radical (unpaired) electrons. The molecule has 0 fully saturated rings. The van der Waals surface area contributed by atoms with Crippen LogP contribution >= 0.6 is 23.1 Å². The minimum absolute atomic E-state index is 0.00927. The fourth-order valence-electron chi connectivity index (χ4n) is 2.49. The summed E-state index contributed by atoms with van der Waals surface area (Å²) < 4.78 is 2.09. The Balaban J connectivity index is 1.64. The van der Waals surface area contributed by atoms with Crippen LogP contribution < -0.4 is 5.32 Å². The van der Waals surface area contributed by atoms with Crippen molar-refractivity contribution in [1.82, 2.24) is 4.98 Å². The van der Waals surface area contributed by atoms with Crippen LogP contribution in [0.2, 0.25) is 0 Å². The topological polar surface area (TPSA) is 42.0 Å². The van der Waals surface area contributed by atoms with E-state index < -0.39 is 0 Å². The van der Waals surface area contributed by atoms with Crippen molar-refractivity contribution in [2.24, 2.45) is 0 Å². The molecule has 3 rings (SSSR count). The van der Waals surface area contributed by atoms with E-state index >= 15 is 0 Å². The Morgan fingerprint density at radius 1 is 1.21 bits per heavy atom.